The van der Waals surface area contributed by atoms with Gasteiger partial charge in [0.1, 0.15) is 30.4 Å². The number of rotatable bonds is 6. The molecule has 0 unspecified atom stereocenters. The normalized spacial score (nSPS) is 29.8. The van der Waals surface area contributed by atoms with Crippen molar-refractivity contribution in [3.8, 4) is 0 Å². The molecule has 1 aliphatic rings. The molecule has 0 aromatic carbocycles. The van der Waals surface area contributed by atoms with Crippen LogP contribution < -0.4 is 16.8 Å². The number of nitrogen functional groups attached to an aromatic ring is 1. The minimum atomic E-state index is -1.41. The van der Waals surface area contributed by atoms with E-state index in [-0.39, 0.29) is 5.82 Å². The molecule has 1 aliphatic heterocycles. The monoisotopic (exact) mass is 349 g/mol. The predicted octanol–water partition coefficient (Wildman–Crippen LogP) is -1.35. The zero-order valence-electron chi connectivity index (χ0n) is 13.9. The number of aliphatic hydroxyl groups excluding tert-OH is 2. The number of anilines is 1. The quantitative estimate of drug-likeness (QED) is 0.398. The first-order valence-corrected chi connectivity index (χ1v) is 8.07. The summed E-state index contributed by atoms with van der Waals surface area (Å²) in [5.41, 5.74) is 12.0. The molecular weight excluding hydrogens is 326 g/mol. The number of allylic oxidation sites excluding steroid dienone is 1. The number of nitrogens with two attached hydrogens (primary N) is 2. The largest absolute Gasteiger partial charge is 0.387 e. The number of fused-ring (bicyclic) bond motifs is 1. The highest BCUT2D eigenvalue weighted by Gasteiger charge is 2.55. The van der Waals surface area contributed by atoms with E-state index >= 15 is 0 Å². The number of likely N-dealkylation sites (N-methyl/N-ethyl adjacent to an activating group) is 1. The van der Waals surface area contributed by atoms with Crippen molar-refractivity contribution < 1.29 is 14.9 Å². The summed E-state index contributed by atoms with van der Waals surface area (Å²) in [7, 11) is 1.63. The number of hydrogen-bond acceptors (Lipinski definition) is 9. The van der Waals surface area contributed by atoms with Gasteiger partial charge in [-0.25, -0.2) is 15.0 Å². The van der Waals surface area contributed by atoms with Crippen LogP contribution in [0, 0.1) is 0 Å². The Balaban J connectivity index is 1.94. The van der Waals surface area contributed by atoms with E-state index < -0.39 is 24.2 Å². The molecule has 7 N–H and O–H groups in total. The zero-order valence-corrected chi connectivity index (χ0v) is 13.9. The molecule has 136 valence electrons. The number of nitrogens with zero attached hydrogens (tertiary/aromatic N) is 4. The molecule has 0 aliphatic carbocycles. The second-order valence-corrected chi connectivity index (χ2v) is 5.87. The maximum absolute atomic E-state index is 10.7. The molecule has 1 fully saturated rings. The number of ether oxygens (including phenoxy) is 1. The fourth-order valence-corrected chi connectivity index (χ4v) is 3.13. The Hall–Kier alpha value is -2.11. The van der Waals surface area contributed by atoms with Gasteiger partial charge in [0, 0.05) is 6.54 Å². The lowest BCUT2D eigenvalue weighted by molar-refractivity contribution is -0.159. The lowest BCUT2D eigenvalue weighted by Crippen LogP contribution is -2.54. The molecule has 10 nitrogen and oxygen atoms in total. The minimum absolute atomic E-state index is 0.228. The van der Waals surface area contributed by atoms with Crippen LogP contribution >= 0.6 is 0 Å². The number of aliphatic hydroxyl groups is 2. The number of hydrogen-bond donors (Lipinski definition) is 5. The van der Waals surface area contributed by atoms with Gasteiger partial charge >= 0.3 is 0 Å². The van der Waals surface area contributed by atoms with E-state index in [4.69, 9.17) is 16.2 Å². The SMILES string of the molecule is CN[C@@]1(n2cnc3c(N)ncnc32)O[C@H](CC/C=C/CN)[C@@H](O)[C@H]1O. The van der Waals surface area contributed by atoms with Crippen LogP contribution in [0.5, 0.6) is 0 Å². The minimum Gasteiger partial charge on any atom is -0.387 e. The first kappa shape index (κ1) is 17.7. The fourth-order valence-electron chi connectivity index (χ4n) is 3.13. The highest BCUT2D eigenvalue weighted by Crippen LogP contribution is 2.37. The summed E-state index contributed by atoms with van der Waals surface area (Å²) < 4.78 is 7.57. The van der Waals surface area contributed by atoms with Crippen LogP contribution in [0.15, 0.2) is 24.8 Å². The van der Waals surface area contributed by atoms with E-state index in [1.54, 1.807) is 7.05 Å². The molecule has 0 bridgehead atoms. The summed E-state index contributed by atoms with van der Waals surface area (Å²) >= 11 is 0. The number of aromatic nitrogens is 4. The third kappa shape index (κ3) is 2.87. The van der Waals surface area contributed by atoms with Crippen molar-refractivity contribution in [1.82, 2.24) is 24.8 Å². The summed E-state index contributed by atoms with van der Waals surface area (Å²) in [5, 5.41) is 24.1. The number of imidazole rings is 1. The Morgan fingerprint density at radius 3 is 2.88 bits per heavy atom. The maximum atomic E-state index is 10.7. The lowest BCUT2D eigenvalue weighted by atomic mass is 10.0. The van der Waals surface area contributed by atoms with Gasteiger partial charge in [-0.2, -0.15) is 0 Å². The highest BCUT2D eigenvalue weighted by atomic mass is 16.6. The molecule has 25 heavy (non-hydrogen) atoms. The summed E-state index contributed by atoms with van der Waals surface area (Å²) in [6.07, 6.45) is 4.86. The van der Waals surface area contributed by atoms with Crippen LogP contribution in [0.3, 0.4) is 0 Å². The van der Waals surface area contributed by atoms with Gasteiger partial charge < -0.3 is 26.4 Å². The maximum Gasteiger partial charge on any atom is 0.234 e. The molecule has 2 aromatic heterocycles. The first-order chi connectivity index (χ1) is 12.0. The van der Waals surface area contributed by atoms with Crippen molar-refractivity contribution in [3.63, 3.8) is 0 Å². The van der Waals surface area contributed by atoms with E-state index in [0.29, 0.717) is 30.6 Å². The van der Waals surface area contributed by atoms with E-state index in [2.05, 4.69) is 20.3 Å². The Labute approximate surface area is 144 Å². The van der Waals surface area contributed by atoms with Gasteiger partial charge in [-0.1, -0.05) is 12.2 Å². The first-order valence-electron chi connectivity index (χ1n) is 8.07. The van der Waals surface area contributed by atoms with Crippen molar-refractivity contribution in [2.45, 2.75) is 37.0 Å². The molecule has 0 radical (unpaired) electrons. The van der Waals surface area contributed by atoms with Gasteiger partial charge in [0.05, 0.1) is 6.10 Å². The average Bonchev–Trinajstić information content (AvgIpc) is 3.15. The molecule has 3 heterocycles. The molecule has 1 saturated heterocycles. The van der Waals surface area contributed by atoms with E-state index in [0.717, 1.165) is 0 Å². The van der Waals surface area contributed by atoms with Crippen LogP contribution in [-0.4, -0.2) is 61.6 Å². The molecule has 0 spiro atoms. The van der Waals surface area contributed by atoms with Gasteiger partial charge in [0.25, 0.3) is 0 Å². The average molecular weight is 349 g/mol. The molecule has 2 aromatic rings. The smallest absolute Gasteiger partial charge is 0.234 e. The van der Waals surface area contributed by atoms with E-state index in [1.807, 2.05) is 12.2 Å². The summed E-state index contributed by atoms with van der Waals surface area (Å²) in [6, 6.07) is 0. The molecular formula is C15H23N7O3. The third-order valence-electron chi connectivity index (χ3n) is 4.43. The van der Waals surface area contributed by atoms with Gasteiger partial charge in [-0.15, -0.1) is 0 Å². The lowest BCUT2D eigenvalue weighted by Gasteiger charge is -2.33. The third-order valence-corrected chi connectivity index (χ3v) is 4.43. The highest BCUT2D eigenvalue weighted by molar-refractivity contribution is 5.81. The van der Waals surface area contributed by atoms with Crippen LogP contribution in [0.4, 0.5) is 5.82 Å². The summed E-state index contributed by atoms with van der Waals surface area (Å²) in [4.78, 5) is 12.3. The Bertz CT molecular complexity index is 765. The summed E-state index contributed by atoms with van der Waals surface area (Å²) in [5.74, 6) is -1.18. The predicted molar refractivity (Wildman–Crippen MR) is 91.1 cm³/mol. The van der Waals surface area contributed by atoms with Crippen LogP contribution in [-0.2, 0) is 10.6 Å². The molecule has 4 atom stereocenters. The van der Waals surface area contributed by atoms with Crippen molar-refractivity contribution >= 4 is 17.0 Å². The van der Waals surface area contributed by atoms with Crippen molar-refractivity contribution in [2.75, 3.05) is 19.3 Å². The standard InChI is InChI=1S/C15H23N7O3/c1-18-15(22-8-21-10-13(17)19-7-20-14(10)22)12(24)11(23)9(25-15)5-3-2-4-6-16/h2,4,7-9,11-12,18,23-24H,3,5-6,16H2,1H3,(H2,17,19,20)/b4-2+/t9-,11-,12-,15+/m1/s1. The van der Waals surface area contributed by atoms with Gasteiger partial charge in [-0.05, 0) is 19.9 Å². The summed E-state index contributed by atoms with van der Waals surface area (Å²) in [6.45, 7) is 0.458. The van der Waals surface area contributed by atoms with E-state index in [9.17, 15) is 10.2 Å². The van der Waals surface area contributed by atoms with Gasteiger partial charge in [0.15, 0.2) is 11.5 Å². The van der Waals surface area contributed by atoms with Crippen LogP contribution in [0.25, 0.3) is 11.2 Å². The van der Waals surface area contributed by atoms with Gasteiger partial charge in [-0.3, -0.25) is 9.88 Å². The second-order valence-electron chi connectivity index (χ2n) is 5.87. The van der Waals surface area contributed by atoms with Crippen molar-refractivity contribution in [1.29, 1.82) is 0 Å². The Kier molecular flexibility index (Phi) is 4.97. The molecule has 0 saturated carbocycles. The van der Waals surface area contributed by atoms with E-state index in [1.165, 1.54) is 17.2 Å². The fraction of sp³-hybridized carbons (Fsp3) is 0.533. The zero-order chi connectivity index (χ0) is 18.0. The van der Waals surface area contributed by atoms with Crippen molar-refractivity contribution in [2.24, 2.45) is 5.73 Å². The van der Waals surface area contributed by atoms with Crippen LogP contribution in [0.2, 0.25) is 0 Å². The molecule has 10 heteroatoms. The molecule has 3 rings (SSSR count). The molecule has 0 amide bonds. The number of nitrogens with one attached hydrogen (secondary N) is 1. The Morgan fingerprint density at radius 1 is 1.36 bits per heavy atom. The van der Waals surface area contributed by atoms with Crippen molar-refractivity contribution in [3.05, 3.63) is 24.8 Å². The Morgan fingerprint density at radius 2 is 2.16 bits per heavy atom. The second kappa shape index (κ2) is 7.02. The van der Waals surface area contributed by atoms with Gasteiger partial charge in [0.2, 0.25) is 5.85 Å². The topological polar surface area (TPSA) is 157 Å². The van der Waals surface area contributed by atoms with Crippen LogP contribution in [0.1, 0.15) is 12.8 Å².